The number of carbonyl (C=O) groups is 2. The summed E-state index contributed by atoms with van der Waals surface area (Å²) in [5.74, 6) is 0.143. The molecule has 2 aliphatic rings. The number of carboxylic acids is 1. The fourth-order valence-electron chi connectivity index (χ4n) is 4.15. The van der Waals surface area contributed by atoms with Crippen LogP contribution in [0.2, 0.25) is 0 Å². The van der Waals surface area contributed by atoms with E-state index in [0.717, 1.165) is 32.4 Å². The highest BCUT2D eigenvalue weighted by molar-refractivity contribution is 5.87. The van der Waals surface area contributed by atoms with Gasteiger partial charge in [0.2, 0.25) is 0 Å². The van der Waals surface area contributed by atoms with Gasteiger partial charge in [0.05, 0.1) is 0 Å². The molecule has 0 saturated carbocycles. The molecule has 2 fully saturated rings. The van der Waals surface area contributed by atoms with Gasteiger partial charge in [-0.15, -0.1) is 0 Å². The molecule has 5 nitrogen and oxygen atoms in total. The molecule has 21 heavy (non-hydrogen) atoms. The molecule has 0 aromatic carbocycles. The third-order valence-electron chi connectivity index (χ3n) is 4.92. The summed E-state index contributed by atoms with van der Waals surface area (Å²) >= 11 is 0. The van der Waals surface area contributed by atoms with E-state index in [0.29, 0.717) is 31.2 Å². The minimum Gasteiger partial charge on any atom is -0.479 e. The van der Waals surface area contributed by atoms with Gasteiger partial charge in [-0.3, -0.25) is 0 Å². The predicted octanol–water partition coefficient (Wildman–Crippen LogP) is 2.80. The highest BCUT2D eigenvalue weighted by atomic mass is 16.4. The zero-order valence-corrected chi connectivity index (χ0v) is 13.5. The quantitative estimate of drug-likeness (QED) is 0.871. The third-order valence-corrected chi connectivity index (χ3v) is 4.92. The molecule has 0 radical (unpaired) electrons. The number of carbonyl (C=O) groups excluding carboxylic acids is 1. The molecule has 2 saturated heterocycles. The number of hydrogen-bond donors (Lipinski definition) is 1. The Kier molecular flexibility index (Phi) is 4.79. The van der Waals surface area contributed by atoms with Gasteiger partial charge in [-0.1, -0.05) is 27.2 Å². The third kappa shape index (κ3) is 3.01. The molecule has 5 heteroatoms. The van der Waals surface area contributed by atoms with Crippen molar-refractivity contribution in [1.82, 2.24) is 9.80 Å². The van der Waals surface area contributed by atoms with Crippen molar-refractivity contribution in [1.29, 1.82) is 0 Å². The zero-order valence-electron chi connectivity index (χ0n) is 13.5. The van der Waals surface area contributed by atoms with E-state index in [2.05, 4.69) is 13.8 Å². The predicted molar refractivity (Wildman–Crippen MR) is 81.1 cm³/mol. The van der Waals surface area contributed by atoms with Crippen LogP contribution in [-0.2, 0) is 4.79 Å². The highest BCUT2D eigenvalue weighted by Crippen LogP contribution is 2.35. The van der Waals surface area contributed by atoms with E-state index in [1.54, 1.807) is 4.90 Å². The first-order valence-electron chi connectivity index (χ1n) is 8.20. The molecule has 3 unspecified atom stereocenters. The number of hydrogen-bond acceptors (Lipinski definition) is 2. The van der Waals surface area contributed by atoms with Crippen LogP contribution in [0.1, 0.15) is 52.9 Å². The molecule has 2 rings (SSSR count). The van der Waals surface area contributed by atoms with E-state index < -0.39 is 11.5 Å². The van der Waals surface area contributed by atoms with Gasteiger partial charge in [-0.25, -0.2) is 9.59 Å². The topological polar surface area (TPSA) is 60.9 Å². The molecule has 0 spiro atoms. The lowest BCUT2D eigenvalue weighted by Gasteiger charge is -2.41. The minimum atomic E-state index is -0.976. The number of nitrogens with zero attached hydrogens (tertiary/aromatic N) is 2. The molecule has 120 valence electrons. The standard InChI is InChI=1S/C16H28N2O3/c1-4-6-16(14(19)20)7-5-8-18(16)15(21)17-10-12(2)9-13(3)11-17/h12-13H,4-11H2,1-3H3,(H,19,20). The number of carboxylic acid groups (broad SMARTS) is 1. The summed E-state index contributed by atoms with van der Waals surface area (Å²) in [5, 5.41) is 9.70. The van der Waals surface area contributed by atoms with Crippen LogP contribution in [-0.4, -0.2) is 52.1 Å². The van der Waals surface area contributed by atoms with Gasteiger partial charge in [0.25, 0.3) is 0 Å². The van der Waals surface area contributed by atoms with Gasteiger partial charge in [-0.2, -0.15) is 0 Å². The maximum Gasteiger partial charge on any atom is 0.329 e. The first-order valence-corrected chi connectivity index (χ1v) is 8.20. The van der Waals surface area contributed by atoms with Crippen LogP contribution in [0.4, 0.5) is 4.79 Å². The SMILES string of the molecule is CCCC1(C(=O)O)CCCN1C(=O)N1CC(C)CC(C)C1. The summed E-state index contributed by atoms with van der Waals surface area (Å²) in [6.07, 6.45) is 3.84. The summed E-state index contributed by atoms with van der Waals surface area (Å²) < 4.78 is 0. The number of amides is 2. The van der Waals surface area contributed by atoms with E-state index in [1.165, 1.54) is 0 Å². The molecule has 0 aliphatic carbocycles. The maximum absolute atomic E-state index is 12.9. The fraction of sp³-hybridized carbons (Fsp3) is 0.875. The van der Waals surface area contributed by atoms with Gasteiger partial charge in [0, 0.05) is 19.6 Å². The van der Waals surface area contributed by atoms with E-state index in [-0.39, 0.29) is 6.03 Å². The number of likely N-dealkylation sites (tertiary alicyclic amines) is 2. The van der Waals surface area contributed by atoms with Gasteiger partial charge >= 0.3 is 12.0 Å². The van der Waals surface area contributed by atoms with Crippen molar-refractivity contribution in [2.24, 2.45) is 11.8 Å². The van der Waals surface area contributed by atoms with Crippen LogP contribution in [0.25, 0.3) is 0 Å². The van der Waals surface area contributed by atoms with Crippen molar-refractivity contribution < 1.29 is 14.7 Å². The van der Waals surface area contributed by atoms with Crippen molar-refractivity contribution in [3.05, 3.63) is 0 Å². The number of urea groups is 1. The first kappa shape index (κ1) is 16.1. The number of aliphatic carboxylic acids is 1. The monoisotopic (exact) mass is 296 g/mol. The molecule has 0 bridgehead atoms. The second-order valence-corrected chi connectivity index (χ2v) is 6.98. The average Bonchev–Trinajstić information content (AvgIpc) is 2.82. The summed E-state index contributed by atoms with van der Waals surface area (Å²) in [6.45, 7) is 8.39. The fourth-order valence-corrected chi connectivity index (χ4v) is 4.15. The molecular formula is C16H28N2O3. The van der Waals surface area contributed by atoms with Gasteiger partial charge in [-0.05, 0) is 37.5 Å². The Morgan fingerprint density at radius 1 is 1.24 bits per heavy atom. The van der Waals surface area contributed by atoms with Crippen LogP contribution in [0.3, 0.4) is 0 Å². The smallest absolute Gasteiger partial charge is 0.329 e. The van der Waals surface area contributed by atoms with Crippen LogP contribution in [0, 0.1) is 11.8 Å². The highest BCUT2D eigenvalue weighted by Gasteiger charge is 2.50. The lowest BCUT2D eigenvalue weighted by molar-refractivity contribution is -0.149. The molecule has 2 heterocycles. The second kappa shape index (κ2) is 6.24. The molecule has 3 atom stereocenters. The Labute approximate surface area is 127 Å². The zero-order chi connectivity index (χ0) is 15.6. The maximum atomic E-state index is 12.9. The Morgan fingerprint density at radius 2 is 1.86 bits per heavy atom. The van der Waals surface area contributed by atoms with Gasteiger partial charge in [0.1, 0.15) is 5.54 Å². The van der Waals surface area contributed by atoms with Crippen LogP contribution < -0.4 is 0 Å². The van der Waals surface area contributed by atoms with E-state index >= 15 is 0 Å². The molecule has 2 aliphatic heterocycles. The lowest BCUT2D eigenvalue weighted by Crippen LogP contribution is -2.58. The molecular weight excluding hydrogens is 268 g/mol. The summed E-state index contributed by atoms with van der Waals surface area (Å²) in [7, 11) is 0. The van der Waals surface area contributed by atoms with Crippen molar-refractivity contribution in [2.75, 3.05) is 19.6 Å². The van der Waals surface area contributed by atoms with Crippen molar-refractivity contribution >= 4 is 12.0 Å². The van der Waals surface area contributed by atoms with Gasteiger partial charge in [0.15, 0.2) is 0 Å². The summed E-state index contributed by atoms with van der Waals surface area (Å²) in [5.41, 5.74) is -0.976. The lowest BCUT2D eigenvalue weighted by atomic mass is 9.90. The Balaban J connectivity index is 2.18. The molecule has 1 N–H and O–H groups in total. The molecule has 0 aromatic heterocycles. The molecule has 0 aromatic rings. The number of rotatable bonds is 3. The van der Waals surface area contributed by atoms with Crippen LogP contribution in [0.5, 0.6) is 0 Å². The summed E-state index contributed by atoms with van der Waals surface area (Å²) in [4.78, 5) is 28.2. The first-order chi connectivity index (χ1) is 9.90. The minimum absolute atomic E-state index is 0.0678. The van der Waals surface area contributed by atoms with E-state index in [4.69, 9.17) is 0 Å². The van der Waals surface area contributed by atoms with E-state index in [1.807, 2.05) is 11.8 Å². The van der Waals surface area contributed by atoms with Crippen molar-refractivity contribution in [2.45, 2.75) is 58.4 Å². The average molecular weight is 296 g/mol. The normalized spacial score (nSPS) is 33.3. The largest absolute Gasteiger partial charge is 0.479 e. The van der Waals surface area contributed by atoms with Crippen LogP contribution in [0.15, 0.2) is 0 Å². The Morgan fingerprint density at radius 3 is 2.38 bits per heavy atom. The summed E-state index contributed by atoms with van der Waals surface area (Å²) in [6, 6.07) is -0.0678. The Hall–Kier alpha value is -1.26. The second-order valence-electron chi connectivity index (χ2n) is 6.98. The van der Waals surface area contributed by atoms with Crippen LogP contribution >= 0.6 is 0 Å². The van der Waals surface area contributed by atoms with Crippen molar-refractivity contribution in [3.63, 3.8) is 0 Å². The van der Waals surface area contributed by atoms with E-state index in [9.17, 15) is 14.7 Å². The van der Waals surface area contributed by atoms with Gasteiger partial charge < -0.3 is 14.9 Å². The Bertz CT molecular complexity index is 402. The number of piperidine rings is 1. The molecule has 2 amide bonds. The van der Waals surface area contributed by atoms with Crippen molar-refractivity contribution in [3.8, 4) is 0 Å².